The predicted molar refractivity (Wildman–Crippen MR) is 80.7 cm³/mol. The van der Waals surface area contributed by atoms with Gasteiger partial charge < -0.3 is 10.0 Å². The molecule has 1 aromatic heterocycles. The van der Waals surface area contributed by atoms with Crippen molar-refractivity contribution in [3.05, 3.63) is 5.82 Å². The molecule has 0 spiro atoms. The number of hydrogen-bond acceptors (Lipinski definition) is 5. The van der Waals surface area contributed by atoms with E-state index in [1.54, 1.807) is 0 Å². The number of carboxylic acid groups (broad SMARTS) is 1. The van der Waals surface area contributed by atoms with E-state index in [0.29, 0.717) is 12.5 Å². The number of rotatable bonds is 3. The molecule has 0 unspecified atom stereocenters. The van der Waals surface area contributed by atoms with Crippen molar-refractivity contribution in [3.8, 4) is 0 Å². The summed E-state index contributed by atoms with van der Waals surface area (Å²) in [6, 6.07) is 0. The highest BCUT2D eigenvalue weighted by molar-refractivity contribution is 7.09. The van der Waals surface area contributed by atoms with E-state index in [2.05, 4.69) is 9.27 Å². The zero-order valence-corrected chi connectivity index (χ0v) is 12.9. The Kier molecular flexibility index (Phi) is 3.17. The molecule has 1 saturated heterocycles. The van der Waals surface area contributed by atoms with Gasteiger partial charge in [-0.15, -0.1) is 0 Å². The second-order valence-electron chi connectivity index (χ2n) is 6.85. The maximum absolute atomic E-state index is 11.7. The van der Waals surface area contributed by atoms with E-state index in [-0.39, 0.29) is 5.92 Å². The normalized spacial score (nSPS) is 32.8. The molecule has 114 valence electrons. The summed E-state index contributed by atoms with van der Waals surface area (Å²) in [6.07, 6.45) is 7.89. The number of aliphatic carboxylic acids is 1. The number of hydrogen-bond donors (Lipinski definition) is 1. The highest BCUT2D eigenvalue weighted by atomic mass is 32.1. The average Bonchev–Trinajstić information content (AvgIpc) is 3.21. The van der Waals surface area contributed by atoms with Gasteiger partial charge in [0.1, 0.15) is 5.82 Å². The third-order valence-electron chi connectivity index (χ3n) is 5.72. The summed E-state index contributed by atoms with van der Waals surface area (Å²) in [4.78, 5) is 18.6. The molecule has 5 nitrogen and oxygen atoms in total. The number of anilines is 1. The van der Waals surface area contributed by atoms with Crippen molar-refractivity contribution in [2.45, 2.75) is 50.9 Å². The summed E-state index contributed by atoms with van der Waals surface area (Å²) in [5.74, 6) is 1.20. The number of nitrogens with zero attached hydrogens (tertiary/aromatic N) is 3. The van der Waals surface area contributed by atoms with Gasteiger partial charge in [0.25, 0.3) is 0 Å². The topological polar surface area (TPSA) is 66.3 Å². The van der Waals surface area contributed by atoms with Crippen LogP contribution < -0.4 is 4.90 Å². The number of carboxylic acids is 1. The van der Waals surface area contributed by atoms with E-state index in [9.17, 15) is 9.90 Å². The van der Waals surface area contributed by atoms with Crippen LogP contribution in [0.2, 0.25) is 0 Å². The number of carbonyl (C=O) groups is 1. The molecule has 2 atom stereocenters. The van der Waals surface area contributed by atoms with Crippen molar-refractivity contribution >= 4 is 22.6 Å². The van der Waals surface area contributed by atoms with Gasteiger partial charge >= 0.3 is 5.97 Å². The molecule has 0 amide bonds. The lowest BCUT2D eigenvalue weighted by atomic mass is 9.81. The van der Waals surface area contributed by atoms with E-state index >= 15 is 0 Å². The van der Waals surface area contributed by atoms with Crippen molar-refractivity contribution in [1.29, 1.82) is 0 Å². The third-order valence-corrected chi connectivity index (χ3v) is 6.51. The quantitative estimate of drug-likeness (QED) is 0.930. The molecule has 1 aliphatic heterocycles. The Balaban J connectivity index is 1.54. The molecule has 0 aromatic carbocycles. The van der Waals surface area contributed by atoms with Crippen molar-refractivity contribution in [3.63, 3.8) is 0 Å². The summed E-state index contributed by atoms with van der Waals surface area (Å²) in [6.45, 7) is 1.46. The van der Waals surface area contributed by atoms with Crippen molar-refractivity contribution in [2.24, 2.45) is 11.3 Å². The molecule has 0 bridgehead atoms. The minimum atomic E-state index is -0.618. The Hall–Kier alpha value is -1.17. The average molecular weight is 307 g/mol. The molecular weight excluding hydrogens is 286 g/mol. The smallest absolute Gasteiger partial charge is 0.311 e. The largest absolute Gasteiger partial charge is 0.481 e. The Morgan fingerprint density at radius 3 is 2.81 bits per heavy atom. The van der Waals surface area contributed by atoms with Crippen LogP contribution in [0.3, 0.4) is 0 Å². The van der Waals surface area contributed by atoms with Gasteiger partial charge in [0, 0.05) is 30.5 Å². The Morgan fingerprint density at radius 1 is 1.29 bits per heavy atom. The standard InChI is InChI=1S/C15H21N3O2S/c19-13(20)15-7-3-6-11(15)8-18(9-15)14-16-12(17-21-14)10-4-1-2-5-10/h10-11H,1-9H2,(H,19,20)/t11-,15+/m0/s1. The maximum atomic E-state index is 11.7. The fourth-order valence-corrected chi connectivity index (χ4v) is 5.24. The summed E-state index contributed by atoms with van der Waals surface area (Å²) in [5, 5.41) is 10.6. The molecule has 2 saturated carbocycles. The van der Waals surface area contributed by atoms with E-state index in [0.717, 1.165) is 36.8 Å². The fraction of sp³-hybridized carbons (Fsp3) is 0.800. The maximum Gasteiger partial charge on any atom is 0.311 e. The summed E-state index contributed by atoms with van der Waals surface area (Å²) < 4.78 is 4.55. The molecule has 6 heteroatoms. The fourth-order valence-electron chi connectivity index (χ4n) is 4.49. The lowest BCUT2D eigenvalue weighted by molar-refractivity contribution is -0.149. The van der Waals surface area contributed by atoms with Crippen LogP contribution in [0, 0.1) is 11.3 Å². The number of fused-ring (bicyclic) bond motifs is 1. The first-order chi connectivity index (χ1) is 10.2. The zero-order valence-electron chi connectivity index (χ0n) is 12.1. The SMILES string of the molecule is O=C(O)[C@@]12CCC[C@H]1CN(c1nc(C3CCCC3)ns1)C2. The monoisotopic (exact) mass is 307 g/mol. The highest BCUT2D eigenvalue weighted by Crippen LogP contribution is 2.50. The molecule has 2 aliphatic carbocycles. The first-order valence-electron chi connectivity index (χ1n) is 8.01. The van der Waals surface area contributed by atoms with Crippen LogP contribution in [-0.4, -0.2) is 33.5 Å². The van der Waals surface area contributed by atoms with Crippen LogP contribution in [0.15, 0.2) is 0 Å². The first-order valence-corrected chi connectivity index (χ1v) is 8.78. The molecule has 1 N–H and O–H groups in total. The van der Waals surface area contributed by atoms with Crippen LogP contribution in [0.25, 0.3) is 0 Å². The molecule has 4 rings (SSSR count). The van der Waals surface area contributed by atoms with Gasteiger partial charge in [-0.05, 0) is 31.6 Å². The third kappa shape index (κ3) is 2.06. The van der Waals surface area contributed by atoms with Crippen LogP contribution >= 0.6 is 11.5 Å². The molecule has 3 fully saturated rings. The summed E-state index contributed by atoms with van der Waals surface area (Å²) in [5.41, 5.74) is -0.529. The van der Waals surface area contributed by atoms with E-state index < -0.39 is 11.4 Å². The van der Waals surface area contributed by atoms with Gasteiger partial charge in [-0.1, -0.05) is 19.3 Å². The Labute approximate surface area is 128 Å². The summed E-state index contributed by atoms with van der Waals surface area (Å²) in [7, 11) is 0. The van der Waals surface area contributed by atoms with Gasteiger partial charge in [0.05, 0.1) is 5.41 Å². The van der Waals surface area contributed by atoms with Gasteiger partial charge in [0.15, 0.2) is 0 Å². The second kappa shape index (κ2) is 4.93. The summed E-state index contributed by atoms with van der Waals surface area (Å²) >= 11 is 1.45. The van der Waals surface area contributed by atoms with Crippen LogP contribution in [-0.2, 0) is 4.79 Å². The van der Waals surface area contributed by atoms with E-state index in [1.807, 2.05) is 0 Å². The Bertz CT molecular complexity index is 555. The highest BCUT2D eigenvalue weighted by Gasteiger charge is 2.55. The minimum Gasteiger partial charge on any atom is -0.481 e. The molecular formula is C15H21N3O2S. The number of aromatic nitrogens is 2. The van der Waals surface area contributed by atoms with Crippen LogP contribution in [0.5, 0.6) is 0 Å². The Morgan fingerprint density at radius 2 is 2.10 bits per heavy atom. The van der Waals surface area contributed by atoms with Gasteiger partial charge in [-0.2, -0.15) is 4.37 Å². The van der Waals surface area contributed by atoms with Gasteiger partial charge in [-0.25, -0.2) is 4.98 Å². The lowest BCUT2D eigenvalue weighted by Gasteiger charge is -2.22. The molecule has 0 radical (unpaired) electrons. The van der Waals surface area contributed by atoms with Crippen LogP contribution in [0.4, 0.5) is 5.13 Å². The van der Waals surface area contributed by atoms with E-state index in [4.69, 9.17) is 4.98 Å². The molecule has 3 aliphatic rings. The second-order valence-corrected chi connectivity index (χ2v) is 7.58. The molecule has 2 heterocycles. The van der Waals surface area contributed by atoms with Crippen molar-refractivity contribution in [1.82, 2.24) is 9.36 Å². The lowest BCUT2D eigenvalue weighted by Crippen LogP contribution is -2.35. The van der Waals surface area contributed by atoms with Gasteiger partial charge in [0.2, 0.25) is 5.13 Å². The zero-order chi connectivity index (χ0) is 14.4. The first kappa shape index (κ1) is 13.5. The van der Waals surface area contributed by atoms with Crippen molar-refractivity contribution in [2.75, 3.05) is 18.0 Å². The van der Waals surface area contributed by atoms with Gasteiger partial charge in [-0.3, -0.25) is 4.79 Å². The minimum absolute atomic E-state index is 0.286. The van der Waals surface area contributed by atoms with Crippen LogP contribution in [0.1, 0.15) is 56.7 Å². The van der Waals surface area contributed by atoms with E-state index in [1.165, 1.54) is 37.2 Å². The molecule has 1 aromatic rings. The predicted octanol–water partition coefficient (Wildman–Crippen LogP) is 2.89. The molecule has 21 heavy (non-hydrogen) atoms. The van der Waals surface area contributed by atoms with Crippen molar-refractivity contribution < 1.29 is 9.90 Å².